The zero-order chi connectivity index (χ0) is 39.4. The summed E-state index contributed by atoms with van der Waals surface area (Å²) in [5, 5.41) is 19.2. The summed E-state index contributed by atoms with van der Waals surface area (Å²) in [6, 6.07) is 13.9. The first-order valence-electron chi connectivity index (χ1n) is 19.1. The van der Waals surface area contributed by atoms with E-state index in [0.29, 0.717) is 28.1 Å². The number of ether oxygens (including phenoxy) is 2. The predicted molar refractivity (Wildman–Crippen MR) is 206 cm³/mol. The van der Waals surface area contributed by atoms with E-state index >= 15 is 0 Å². The number of pyridine rings is 1. The van der Waals surface area contributed by atoms with Crippen LogP contribution in [0.1, 0.15) is 65.7 Å². The molecule has 2 aliphatic carbocycles. The Morgan fingerprint density at radius 3 is 2.35 bits per heavy atom. The monoisotopic (exact) mass is 753 g/mol. The smallest absolute Gasteiger partial charge is 0.330 e. The van der Waals surface area contributed by atoms with Crippen LogP contribution in [0.25, 0.3) is 22.2 Å². The second-order valence-corrected chi connectivity index (χ2v) is 15.3. The SMILES string of the molecule is C=C[C@@H]1C[C@]1(NC(=O)[C@@H]1C[C@@H](Oc2cc(-c3ccccc3)nc3cccc(OC)c23)CN1C(=O)[C@@H](NC(=O)[C@@H](NC(C)=O)C1CCCCC1)C(C)C)C(=O)O. The van der Waals surface area contributed by atoms with Crippen molar-refractivity contribution in [3.05, 3.63) is 67.3 Å². The quantitative estimate of drug-likeness (QED) is 0.171. The zero-order valence-corrected chi connectivity index (χ0v) is 31.9. The molecule has 0 radical (unpaired) electrons. The largest absolute Gasteiger partial charge is 0.496 e. The molecule has 2 aromatic carbocycles. The van der Waals surface area contributed by atoms with Gasteiger partial charge >= 0.3 is 5.97 Å². The van der Waals surface area contributed by atoms with Crippen molar-refractivity contribution >= 4 is 40.5 Å². The maximum atomic E-state index is 14.7. The zero-order valence-electron chi connectivity index (χ0n) is 31.9. The Kier molecular flexibility index (Phi) is 11.8. The van der Waals surface area contributed by atoms with Gasteiger partial charge in [0.1, 0.15) is 41.3 Å². The van der Waals surface area contributed by atoms with Gasteiger partial charge in [-0.3, -0.25) is 19.2 Å². The number of carbonyl (C=O) groups is 5. The Bertz CT molecular complexity index is 1950. The first kappa shape index (κ1) is 39.2. The van der Waals surface area contributed by atoms with Crippen molar-refractivity contribution in [2.45, 2.75) is 95.5 Å². The number of carboxylic acid groups (broad SMARTS) is 1. The molecule has 1 saturated heterocycles. The van der Waals surface area contributed by atoms with Crippen LogP contribution in [0, 0.1) is 17.8 Å². The number of methoxy groups -OCH3 is 1. The Balaban J connectivity index is 1.33. The molecule has 6 atom stereocenters. The van der Waals surface area contributed by atoms with Crippen LogP contribution in [0.2, 0.25) is 0 Å². The van der Waals surface area contributed by atoms with Gasteiger partial charge in [-0.15, -0.1) is 6.58 Å². The minimum atomic E-state index is -1.52. The summed E-state index contributed by atoms with van der Waals surface area (Å²) in [6.45, 7) is 8.67. The van der Waals surface area contributed by atoms with Gasteiger partial charge in [-0.1, -0.05) is 75.6 Å². The molecular weight excluding hydrogens is 702 g/mol. The van der Waals surface area contributed by atoms with Gasteiger partial charge in [0.2, 0.25) is 23.6 Å². The molecule has 6 rings (SSSR count). The molecule has 2 heterocycles. The molecule has 0 unspecified atom stereocenters. The molecule has 4 amide bonds. The maximum Gasteiger partial charge on any atom is 0.330 e. The third kappa shape index (κ3) is 8.30. The van der Waals surface area contributed by atoms with Crippen LogP contribution in [-0.4, -0.2) is 88.0 Å². The van der Waals surface area contributed by atoms with Gasteiger partial charge in [-0.2, -0.15) is 0 Å². The minimum absolute atomic E-state index is 0.0294. The van der Waals surface area contributed by atoms with Crippen LogP contribution in [-0.2, 0) is 24.0 Å². The molecule has 1 aromatic heterocycles. The number of amides is 4. The lowest BCUT2D eigenvalue weighted by atomic mass is 9.83. The van der Waals surface area contributed by atoms with E-state index in [4.69, 9.17) is 14.5 Å². The number of carboxylic acids is 1. The molecular formula is C42H51N5O8. The topological polar surface area (TPSA) is 176 Å². The molecule has 3 aromatic rings. The van der Waals surface area contributed by atoms with Gasteiger partial charge in [0.05, 0.1) is 30.3 Å². The molecule has 0 spiro atoms. The molecule has 292 valence electrons. The van der Waals surface area contributed by atoms with Gasteiger partial charge in [-0.05, 0) is 43.2 Å². The highest BCUT2D eigenvalue weighted by Crippen LogP contribution is 2.45. The van der Waals surface area contributed by atoms with Gasteiger partial charge in [-0.25, -0.2) is 9.78 Å². The lowest BCUT2D eigenvalue weighted by molar-refractivity contribution is -0.146. The highest BCUT2D eigenvalue weighted by atomic mass is 16.5. The number of hydrogen-bond acceptors (Lipinski definition) is 8. The summed E-state index contributed by atoms with van der Waals surface area (Å²) in [6.07, 6.45) is 5.53. The standard InChI is InChI=1S/C42H51N5O8/c1-6-28-22-42(28,41(52)53)46-38(49)32-20-29(55-34-21-31(26-14-9-7-10-15-26)44-30-18-13-19-33(54-5)35(30)34)23-47(32)40(51)36(24(2)3)45-39(50)37(43-25(4)48)27-16-11-8-12-17-27/h6-7,9-10,13-15,18-19,21,24,27-29,32,36-37H,1,8,11-12,16-17,20,22-23H2,2-5H3,(H,43,48)(H,45,50)(H,46,49)(H,52,53)/t28-,29-,32+,36+,37+,42-/m1/s1. The molecule has 0 bridgehead atoms. The second kappa shape index (κ2) is 16.5. The highest BCUT2D eigenvalue weighted by Gasteiger charge is 2.61. The maximum absolute atomic E-state index is 14.7. The average Bonchev–Trinajstić information content (AvgIpc) is 3.74. The van der Waals surface area contributed by atoms with Crippen molar-refractivity contribution in [1.82, 2.24) is 25.8 Å². The third-order valence-electron chi connectivity index (χ3n) is 11.2. The van der Waals surface area contributed by atoms with Crippen LogP contribution in [0.3, 0.4) is 0 Å². The molecule has 13 heteroatoms. The normalized spacial score (nSPS) is 23.4. The summed E-state index contributed by atoms with van der Waals surface area (Å²) < 4.78 is 12.4. The molecule has 1 aliphatic heterocycles. The van der Waals surface area contributed by atoms with Crippen LogP contribution in [0.15, 0.2) is 67.3 Å². The van der Waals surface area contributed by atoms with E-state index in [0.717, 1.165) is 37.7 Å². The number of likely N-dealkylation sites (tertiary alicyclic amines) is 1. The Hall–Kier alpha value is -5.46. The van der Waals surface area contributed by atoms with Crippen molar-refractivity contribution in [2.75, 3.05) is 13.7 Å². The fraction of sp³-hybridized carbons (Fsp3) is 0.476. The second-order valence-electron chi connectivity index (χ2n) is 15.3. The number of fused-ring (bicyclic) bond motifs is 1. The number of aromatic nitrogens is 1. The predicted octanol–water partition coefficient (Wildman–Crippen LogP) is 4.63. The van der Waals surface area contributed by atoms with Gasteiger partial charge in [0.15, 0.2) is 0 Å². The summed E-state index contributed by atoms with van der Waals surface area (Å²) >= 11 is 0. The summed E-state index contributed by atoms with van der Waals surface area (Å²) in [5.74, 6) is -3.09. The lowest BCUT2D eigenvalue weighted by Crippen LogP contribution is -2.60. The lowest BCUT2D eigenvalue weighted by Gasteiger charge is -2.34. The van der Waals surface area contributed by atoms with E-state index in [-0.39, 0.29) is 31.2 Å². The van der Waals surface area contributed by atoms with Crippen LogP contribution in [0.4, 0.5) is 0 Å². The first-order valence-corrected chi connectivity index (χ1v) is 19.1. The number of carbonyl (C=O) groups excluding carboxylic acids is 4. The van der Waals surface area contributed by atoms with E-state index < -0.39 is 65.3 Å². The van der Waals surface area contributed by atoms with Crippen LogP contribution >= 0.6 is 0 Å². The molecule has 3 aliphatic rings. The molecule has 13 nitrogen and oxygen atoms in total. The highest BCUT2D eigenvalue weighted by molar-refractivity contribution is 5.97. The molecule has 2 saturated carbocycles. The number of nitrogens with one attached hydrogen (secondary N) is 3. The van der Waals surface area contributed by atoms with E-state index in [2.05, 4.69) is 22.5 Å². The van der Waals surface area contributed by atoms with Crippen LogP contribution in [0.5, 0.6) is 11.5 Å². The Morgan fingerprint density at radius 1 is 1.00 bits per heavy atom. The van der Waals surface area contributed by atoms with Crippen LogP contribution < -0.4 is 25.4 Å². The van der Waals surface area contributed by atoms with E-state index in [1.807, 2.05) is 48.5 Å². The van der Waals surface area contributed by atoms with E-state index in [1.165, 1.54) is 17.9 Å². The average molecular weight is 754 g/mol. The third-order valence-corrected chi connectivity index (χ3v) is 11.2. The molecule has 4 N–H and O–H groups in total. The van der Waals surface area contributed by atoms with E-state index in [1.54, 1.807) is 27.0 Å². The summed E-state index contributed by atoms with van der Waals surface area (Å²) in [4.78, 5) is 73.6. The first-order chi connectivity index (χ1) is 26.4. The fourth-order valence-corrected chi connectivity index (χ4v) is 8.13. The van der Waals surface area contributed by atoms with Crippen molar-refractivity contribution < 1.29 is 38.6 Å². The van der Waals surface area contributed by atoms with Crippen molar-refractivity contribution in [2.24, 2.45) is 17.8 Å². The number of nitrogens with zero attached hydrogens (tertiary/aromatic N) is 2. The molecule has 55 heavy (non-hydrogen) atoms. The van der Waals surface area contributed by atoms with Gasteiger partial charge in [0.25, 0.3) is 0 Å². The Labute approximate surface area is 321 Å². The fourth-order valence-electron chi connectivity index (χ4n) is 8.13. The van der Waals surface area contributed by atoms with Gasteiger partial charge in [0, 0.05) is 30.9 Å². The summed E-state index contributed by atoms with van der Waals surface area (Å²) in [7, 11) is 1.55. The number of benzene rings is 2. The van der Waals surface area contributed by atoms with Gasteiger partial charge < -0.3 is 35.4 Å². The van der Waals surface area contributed by atoms with Crippen molar-refractivity contribution in [3.63, 3.8) is 0 Å². The van der Waals surface area contributed by atoms with E-state index in [9.17, 15) is 29.1 Å². The summed E-state index contributed by atoms with van der Waals surface area (Å²) in [5.41, 5.74) is 0.610. The number of hydrogen-bond donors (Lipinski definition) is 4. The Morgan fingerprint density at radius 2 is 1.73 bits per heavy atom. The molecule has 3 fully saturated rings. The number of aliphatic carboxylic acids is 1. The minimum Gasteiger partial charge on any atom is -0.496 e. The van der Waals surface area contributed by atoms with Crippen molar-refractivity contribution in [3.8, 4) is 22.8 Å². The number of rotatable bonds is 14. The van der Waals surface area contributed by atoms with Crippen molar-refractivity contribution in [1.29, 1.82) is 0 Å².